The Kier molecular flexibility index (Phi) is 54.9. The van der Waals surface area contributed by atoms with Crippen molar-refractivity contribution in [1.82, 2.24) is 0 Å². The Morgan fingerprint density at radius 2 is 0.563 bits per heavy atom. The maximum Gasteiger partial charge on any atom is 0.306 e. The molecular formula is C65H106O6. The van der Waals surface area contributed by atoms with Crippen LogP contribution in [0.25, 0.3) is 0 Å². The van der Waals surface area contributed by atoms with E-state index in [1.807, 2.05) is 0 Å². The molecule has 1 unspecified atom stereocenters. The van der Waals surface area contributed by atoms with Gasteiger partial charge in [0.25, 0.3) is 0 Å². The number of rotatable bonds is 51. The van der Waals surface area contributed by atoms with E-state index in [0.29, 0.717) is 19.3 Å². The van der Waals surface area contributed by atoms with Gasteiger partial charge >= 0.3 is 17.9 Å². The second-order valence-electron chi connectivity index (χ2n) is 18.8. The summed E-state index contributed by atoms with van der Waals surface area (Å²) in [7, 11) is 0. The maximum absolute atomic E-state index is 12.8. The van der Waals surface area contributed by atoms with Gasteiger partial charge in [0.2, 0.25) is 0 Å². The van der Waals surface area contributed by atoms with Crippen LogP contribution in [-0.4, -0.2) is 37.2 Å². The standard InChI is InChI=1S/C65H106O6/c1-4-7-10-13-16-19-22-25-28-29-30-31-32-33-34-35-38-40-43-46-49-52-55-58-64(67)70-61-62(71-65(68)59-56-53-50-47-44-41-37-27-24-21-18-15-12-9-6-3)60-69-63(66)57-54-51-48-45-42-39-36-26-23-20-17-14-11-8-5-2/h7,9-10,12,16,18-19,21,25,27-28,30-31,33-34,37-38,40,46,49,62H,4-6,8,11,13-15,17,20,22-24,26,29,32,35-36,39,41-45,47-48,50-61H2,1-3H3/b10-7-,12-9-,19-16-,21-18-,28-25-,31-30-,34-33-,37-27-,40-38-,49-46-. The first-order chi connectivity index (χ1) is 35.0. The summed E-state index contributed by atoms with van der Waals surface area (Å²) in [4.78, 5) is 38.2. The van der Waals surface area contributed by atoms with Crippen molar-refractivity contribution < 1.29 is 28.6 Å². The van der Waals surface area contributed by atoms with Crippen molar-refractivity contribution >= 4 is 17.9 Å². The minimum atomic E-state index is -0.813. The average Bonchev–Trinajstić information content (AvgIpc) is 3.37. The minimum Gasteiger partial charge on any atom is -0.462 e. The molecule has 402 valence electrons. The molecule has 0 aliphatic heterocycles. The van der Waals surface area contributed by atoms with E-state index in [1.165, 1.54) is 77.0 Å². The van der Waals surface area contributed by atoms with Crippen LogP contribution < -0.4 is 0 Å². The number of esters is 3. The fourth-order valence-electron chi connectivity index (χ4n) is 7.68. The number of allylic oxidation sites excluding steroid dienone is 20. The molecule has 1 atom stereocenters. The first-order valence-electron chi connectivity index (χ1n) is 29.0. The summed E-state index contributed by atoms with van der Waals surface area (Å²) in [6.07, 6.45) is 80.5. The van der Waals surface area contributed by atoms with Gasteiger partial charge in [-0.3, -0.25) is 14.4 Å². The molecule has 0 aromatic heterocycles. The minimum absolute atomic E-state index is 0.104. The number of hydrogen-bond acceptors (Lipinski definition) is 6. The molecule has 0 heterocycles. The zero-order valence-electron chi connectivity index (χ0n) is 45.9. The number of carbonyl (C=O) groups is 3. The predicted octanol–water partition coefficient (Wildman–Crippen LogP) is 19.6. The highest BCUT2D eigenvalue weighted by Crippen LogP contribution is 2.15. The number of hydrogen-bond donors (Lipinski definition) is 0. The molecule has 0 aromatic carbocycles. The Morgan fingerprint density at radius 3 is 0.915 bits per heavy atom. The molecule has 0 spiro atoms. The third-order valence-corrected chi connectivity index (χ3v) is 12.0. The monoisotopic (exact) mass is 983 g/mol. The van der Waals surface area contributed by atoms with E-state index in [-0.39, 0.29) is 37.5 Å². The van der Waals surface area contributed by atoms with Gasteiger partial charge in [-0.15, -0.1) is 0 Å². The van der Waals surface area contributed by atoms with Gasteiger partial charge in [-0.05, 0) is 103 Å². The van der Waals surface area contributed by atoms with E-state index in [0.717, 1.165) is 128 Å². The molecule has 6 heteroatoms. The van der Waals surface area contributed by atoms with Crippen LogP contribution in [0.15, 0.2) is 122 Å². The smallest absolute Gasteiger partial charge is 0.306 e. The molecule has 0 N–H and O–H groups in total. The fraction of sp³-hybridized carbons (Fsp3) is 0.646. The zero-order chi connectivity index (χ0) is 51.4. The third-order valence-electron chi connectivity index (χ3n) is 12.0. The van der Waals surface area contributed by atoms with Crippen LogP contribution in [0.2, 0.25) is 0 Å². The molecule has 0 saturated heterocycles. The van der Waals surface area contributed by atoms with Crippen molar-refractivity contribution in [2.45, 2.75) is 258 Å². The maximum atomic E-state index is 12.8. The highest BCUT2D eigenvalue weighted by molar-refractivity contribution is 5.71. The second kappa shape index (κ2) is 58.4. The predicted molar refractivity (Wildman–Crippen MR) is 306 cm³/mol. The van der Waals surface area contributed by atoms with E-state index in [9.17, 15) is 14.4 Å². The zero-order valence-corrected chi connectivity index (χ0v) is 45.9. The van der Waals surface area contributed by atoms with Gasteiger partial charge in [0.05, 0.1) is 0 Å². The average molecular weight is 984 g/mol. The molecule has 0 fully saturated rings. The van der Waals surface area contributed by atoms with E-state index in [4.69, 9.17) is 14.2 Å². The summed E-state index contributed by atoms with van der Waals surface area (Å²) < 4.78 is 16.8. The first-order valence-corrected chi connectivity index (χ1v) is 29.0. The van der Waals surface area contributed by atoms with Gasteiger partial charge in [0, 0.05) is 19.3 Å². The number of unbranched alkanes of at least 4 members (excludes halogenated alkanes) is 20. The molecule has 71 heavy (non-hydrogen) atoms. The fourth-order valence-corrected chi connectivity index (χ4v) is 7.68. The summed E-state index contributed by atoms with van der Waals surface area (Å²) in [5, 5.41) is 0. The second-order valence-corrected chi connectivity index (χ2v) is 18.8. The highest BCUT2D eigenvalue weighted by Gasteiger charge is 2.19. The van der Waals surface area contributed by atoms with Crippen LogP contribution >= 0.6 is 0 Å². The van der Waals surface area contributed by atoms with E-state index < -0.39 is 6.10 Å². The quantitative estimate of drug-likeness (QED) is 0.0261. The Bertz CT molecular complexity index is 1500. The Hall–Kier alpha value is -4.19. The largest absolute Gasteiger partial charge is 0.462 e. The molecule has 0 saturated carbocycles. The van der Waals surface area contributed by atoms with E-state index in [2.05, 4.69) is 142 Å². The van der Waals surface area contributed by atoms with Crippen molar-refractivity contribution in [3.8, 4) is 0 Å². The van der Waals surface area contributed by atoms with Gasteiger partial charge in [-0.25, -0.2) is 0 Å². The summed E-state index contributed by atoms with van der Waals surface area (Å²) in [5.41, 5.74) is 0. The lowest BCUT2D eigenvalue weighted by atomic mass is 10.0. The Labute approximate surface area is 437 Å². The van der Waals surface area contributed by atoms with Crippen molar-refractivity contribution in [3.05, 3.63) is 122 Å². The van der Waals surface area contributed by atoms with Crippen LogP contribution in [0.1, 0.15) is 252 Å². The molecular weight excluding hydrogens is 877 g/mol. The van der Waals surface area contributed by atoms with Crippen LogP contribution in [0.5, 0.6) is 0 Å². The van der Waals surface area contributed by atoms with Gasteiger partial charge in [-0.2, -0.15) is 0 Å². The van der Waals surface area contributed by atoms with Crippen molar-refractivity contribution in [1.29, 1.82) is 0 Å². The topological polar surface area (TPSA) is 78.9 Å². The molecule has 6 nitrogen and oxygen atoms in total. The van der Waals surface area contributed by atoms with Crippen LogP contribution in [0.4, 0.5) is 0 Å². The highest BCUT2D eigenvalue weighted by atomic mass is 16.6. The van der Waals surface area contributed by atoms with Crippen molar-refractivity contribution in [2.24, 2.45) is 0 Å². The van der Waals surface area contributed by atoms with Gasteiger partial charge in [0.1, 0.15) is 13.2 Å². The van der Waals surface area contributed by atoms with Crippen molar-refractivity contribution in [2.75, 3.05) is 13.2 Å². The van der Waals surface area contributed by atoms with Gasteiger partial charge < -0.3 is 14.2 Å². The lowest BCUT2D eigenvalue weighted by Gasteiger charge is -2.18. The van der Waals surface area contributed by atoms with Crippen LogP contribution in [-0.2, 0) is 28.6 Å². The lowest BCUT2D eigenvalue weighted by Crippen LogP contribution is -2.30. The number of ether oxygens (including phenoxy) is 3. The number of carbonyl (C=O) groups excluding carboxylic acids is 3. The third kappa shape index (κ3) is 56.6. The van der Waals surface area contributed by atoms with Crippen LogP contribution in [0, 0.1) is 0 Å². The molecule has 0 amide bonds. The molecule has 0 bridgehead atoms. The molecule has 0 rings (SSSR count). The molecule has 0 aromatic rings. The first kappa shape index (κ1) is 66.8. The molecule has 0 radical (unpaired) electrons. The van der Waals surface area contributed by atoms with Gasteiger partial charge in [-0.1, -0.05) is 251 Å². The summed E-state index contributed by atoms with van der Waals surface area (Å²) in [6, 6.07) is 0. The molecule has 0 aliphatic rings. The van der Waals surface area contributed by atoms with Crippen molar-refractivity contribution in [3.63, 3.8) is 0 Å². The molecule has 0 aliphatic carbocycles. The van der Waals surface area contributed by atoms with E-state index in [1.54, 1.807) is 0 Å². The van der Waals surface area contributed by atoms with E-state index >= 15 is 0 Å². The van der Waals surface area contributed by atoms with Crippen LogP contribution in [0.3, 0.4) is 0 Å². The Balaban J connectivity index is 4.50. The SMILES string of the molecule is CC/C=C\C/C=C\C/C=C\C/C=C\C/C=C\C/C=C\C/C=C\CCCC(=O)OCC(COC(=O)CCCCCCCCCCCCCCCCC)OC(=O)CCCCCCC/C=C\C/C=C\C/C=C\CC. The normalized spacial score (nSPS) is 13.0. The summed E-state index contributed by atoms with van der Waals surface area (Å²) in [6.45, 7) is 6.36. The Morgan fingerprint density at radius 1 is 0.296 bits per heavy atom. The summed E-state index contributed by atoms with van der Waals surface area (Å²) in [5.74, 6) is -0.983. The summed E-state index contributed by atoms with van der Waals surface area (Å²) >= 11 is 0. The van der Waals surface area contributed by atoms with Gasteiger partial charge in [0.15, 0.2) is 6.10 Å². The lowest BCUT2D eigenvalue weighted by molar-refractivity contribution is -0.167.